The first-order valence-corrected chi connectivity index (χ1v) is 10.7. The van der Waals surface area contributed by atoms with Gasteiger partial charge < -0.3 is 14.4 Å². The molecule has 1 atom stereocenters. The molecule has 2 heterocycles. The first-order chi connectivity index (χ1) is 12.7. The highest BCUT2D eigenvalue weighted by molar-refractivity contribution is 5.79. The van der Waals surface area contributed by atoms with Crippen molar-refractivity contribution in [3.63, 3.8) is 0 Å². The molecule has 0 radical (unpaired) electrons. The molecular weight excluding hydrogens is 324 g/mol. The second kappa shape index (κ2) is 8.12. The van der Waals surface area contributed by atoms with E-state index >= 15 is 0 Å². The van der Waals surface area contributed by atoms with Crippen LogP contribution in [0.3, 0.4) is 0 Å². The third kappa shape index (κ3) is 3.98. The topological polar surface area (TPSA) is 41.4 Å². The molecule has 1 aromatic heterocycles. The average molecular weight is 359 g/mol. The van der Waals surface area contributed by atoms with Crippen molar-refractivity contribution >= 4 is 5.91 Å². The van der Waals surface area contributed by atoms with Crippen LogP contribution < -0.4 is 0 Å². The second-order valence-corrected chi connectivity index (χ2v) is 8.84. The Bertz CT molecular complexity index is 601. The lowest BCUT2D eigenvalue weighted by atomic mass is 9.95. The predicted octanol–water partition coefficient (Wildman–Crippen LogP) is 3.61. The highest BCUT2D eigenvalue weighted by atomic mass is 16.2. The van der Waals surface area contributed by atoms with Gasteiger partial charge in [-0.3, -0.25) is 4.79 Å². The van der Waals surface area contributed by atoms with Crippen molar-refractivity contribution in [3.05, 3.63) is 18.2 Å². The molecule has 3 fully saturated rings. The zero-order chi connectivity index (χ0) is 17.9. The van der Waals surface area contributed by atoms with Crippen LogP contribution in [0.1, 0.15) is 75.9 Å². The van der Waals surface area contributed by atoms with Crippen LogP contribution in [0.4, 0.5) is 0 Å². The van der Waals surface area contributed by atoms with Crippen LogP contribution in [0, 0.1) is 5.92 Å². The summed E-state index contributed by atoms with van der Waals surface area (Å²) in [6.07, 6.45) is 16.5. The predicted molar refractivity (Wildman–Crippen MR) is 103 cm³/mol. The molecule has 144 valence electrons. The number of carbonyl (C=O) groups excluding carboxylic acids is 1. The molecule has 0 bridgehead atoms. The number of hydrogen-bond donors (Lipinski definition) is 0. The van der Waals surface area contributed by atoms with E-state index in [1.54, 1.807) is 0 Å². The van der Waals surface area contributed by atoms with E-state index in [0.29, 0.717) is 23.9 Å². The molecule has 2 aliphatic carbocycles. The Morgan fingerprint density at radius 2 is 1.77 bits per heavy atom. The minimum atomic E-state index is 0.391. The van der Waals surface area contributed by atoms with Crippen LogP contribution in [0.15, 0.2) is 12.5 Å². The van der Waals surface area contributed by atoms with Gasteiger partial charge in [0, 0.05) is 44.3 Å². The van der Waals surface area contributed by atoms with Crippen LogP contribution in [-0.2, 0) is 11.3 Å². The Hall–Kier alpha value is -1.36. The molecule has 0 aromatic carbocycles. The van der Waals surface area contributed by atoms with Gasteiger partial charge in [0.25, 0.3) is 0 Å². The molecule has 26 heavy (non-hydrogen) atoms. The van der Waals surface area contributed by atoms with Crippen LogP contribution >= 0.6 is 0 Å². The molecule has 1 amide bonds. The van der Waals surface area contributed by atoms with E-state index in [2.05, 4.69) is 26.4 Å². The molecule has 1 saturated heterocycles. The lowest BCUT2D eigenvalue weighted by Crippen LogP contribution is -2.35. The van der Waals surface area contributed by atoms with Gasteiger partial charge in [-0.1, -0.05) is 32.1 Å². The van der Waals surface area contributed by atoms with Crippen LogP contribution in [0.25, 0.3) is 0 Å². The summed E-state index contributed by atoms with van der Waals surface area (Å²) in [5.74, 6) is 0.877. The number of nitrogens with zero attached hydrogens (tertiary/aromatic N) is 4. The fourth-order valence-corrected chi connectivity index (χ4v) is 5.42. The fraction of sp³-hybridized carbons (Fsp3) is 0.810. The maximum absolute atomic E-state index is 12.4. The molecule has 1 aliphatic heterocycles. The van der Waals surface area contributed by atoms with Gasteiger partial charge in [-0.2, -0.15) is 0 Å². The SMILES string of the molecule is CN(Cc1cncn1C1CCCCC1)C[C@H]1CC(=O)N(C2CCCC2)C1. The lowest BCUT2D eigenvalue weighted by Gasteiger charge is -2.27. The van der Waals surface area contributed by atoms with Gasteiger partial charge in [0.05, 0.1) is 12.0 Å². The fourth-order valence-electron chi connectivity index (χ4n) is 5.42. The summed E-state index contributed by atoms with van der Waals surface area (Å²) in [7, 11) is 2.20. The van der Waals surface area contributed by atoms with E-state index in [1.807, 2.05) is 12.5 Å². The highest BCUT2D eigenvalue weighted by Crippen LogP contribution is 2.31. The molecule has 4 rings (SSSR count). The van der Waals surface area contributed by atoms with Crippen LogP contribution in [0.2, 0.25) is 0 Å². The Morgan fingerprint density at radius 3 is 2.54 bits per heavy atom. The van der Waals surface area contributed by atoms with Gasteiger partial charge in [-0.25, -0.2) is 4.98 Å². The van der Waals surface area contributed by atoms with Gasteiger partial charge in [0.15, 0.2) is 0 Å². The number of carbonyl (C=O) groups is 1. The number of imidazole rings is 1. The van der Waals surface area contributed by atoms with E-state index < -0.39 is 0 Å². The molecule has 0 unspecified atom stereocenters. The summed E-state index contributed by atoms with van der Waals surface area (Å²) in [4.78, 5) is 21.4. The minimum absolute atomic E-state index is 0.391. The molecular formula is C21H34N4O. The zero-order valence-electron chi connectivity index (χ0n) is 16.3. The number of likely N-dealkylation sites (tertiary alicyclic amines) is 1. The number of amides is 1. The first-order valence-electron chi connectivity index (χ1n) is 10.7. The minimum Gasteiger partial charge on any atom is -0.339 e. The molecule has 3 aliphatic rings. The average Bonchev–Trinajstić information content (AvgIpc) is 3.37. The van der Waals surface area contributed by atoms with E-state index in [9.17, 15) is 4.79 Å². The zero-order valence-corrected chi connectivity index (χ0v) is 16.3. The Kier molecular flexibility index (Phi) is 5.63. The summed E-state index contributed by atoms with van der Waals surface area (Å²) in [6, 6.07) is 1.17. The maximum atomic E-state index is 12.4. The van der Waals surface area contributed by atoms with Gasteiger partial charge in [-0.05, 0) is 38.6 Å². The Balaban J connectivity index is 1.31. The van der Waals surface area contributed by atoms with Crippen molar-refractivity contribution in [1.29, 1.82) is 0 Å². The highest BCUT2D eigenvalue weighted by Gasteiger charge is 2.35. The van der Waals surface area contributed by atoms with E-state index in [4.69, 9.17) is 0 Å². The van der Waals surface area contributed by atoms with Crippen LogP contribution in [-0.4, -0.2) is 51.4 Å². The third-order valence-electron chi connectivity index (χ3n) is 6.72. The molecule has 5 heteroatoms. The summed E-state index contributed by atoms with van der Waals surface area (Å²) in [5, 5.41) is 0. The quantitative estimate of drug-likeness (QED) is 0.780. The lowest BCUT2D eigenvalue weighted by molar-refractivity contribution is -0.129. The number of rotatable bonds is 6. The Labute approximate surface area is 157 Å². The van der Waals surface area contributed by atoms with Crippen molar-refractivity contribution in [2.24, 2.45) is 5.92 Å². The maximum Gasteiger partial charge on any atom is 0.223 e. The summed E-state index contributed by atoms with van der Waals surface area (Å²) < 4.78 is 2.42. The number of hydrogen-bond acceptors (Lipinski definition) is 3. The van der Waals surface area contributed by atoms with Crippen molar-refractivity contribution < 1.29 is 4.79 Å². The van der Waals surface area contributed by atoms with E-state index in [0.717, 1.165) is 26.1 Å². The monoisotopic (exact) mass is 358 g/mol. The normalized spacial score (nSPS) is 25.7. The molecule has 0 N–H and O–H groups in total. The number of aromatic nitrogens is 2. The largest absolute Gasteiger partial charge is 0.339 e. The third-order valence-corrected chi connectivity index (χ3v) is 6.72. The first kappa shape index (κ1) is 18.0. The van der Waals surface area contributed by atoms with Gasteiger partial charge in [0.1, 0.15) is 0 Å². The van der Waals surface area contributed by atoms with Crippen molar-refractivity contribution in [2.45, 2.75) is 82.8 Å². The molecule has 2 saturated carbocycles. The second-order valence-electron chi connectivity index (χ2n) is 8.84. The molecule has 5 nitrogen and oxygen atoms in total. The van der Waals surface area contributed by atoms with Gasteiger partial charge >= 0.3 is 0 Å². The van der Waals surface area contributed by atoms with E-state index in [-0.39, 0.29) is 0 Å². The van der Waals surface area contributed by atoms with Crippen molar-refractivity contribution in [3.8, 4) is 0 Å². The summed E-state index contributed by atoms with van der Waals surface area (Å²) in [5.41, 5.74) is 1.33. The summed E-state index contributed by atoms with van der Waals surface area (Å²) >= 11 is 0. The van der Waals surface area contributed by atoms with Crippen molar-refractivity contribution in [1.82, 2.24) is 19.4 Å². The standard InChI is InChI=1S/C21H34N4O/c1-23(13-17-11-21(26)24(14-17)18-9-5-6-10-18)15-20-12-22-16-25(20)19-7-3-2-4-8-19/h12,16-19H,2-11,13-15H2,1H3/t17-/m1/s1. The summed E-state index contributed by atoms with van der Waals surface area (Å²) in [6.45, 7) is 2.91. The van der Waals surface area contributed by atoms with Gasteiger partial charge in [0.2, 0.25) is 5.91 Å². The van der Waals surface area contributed by atoms with Crippen LogP contribution in [0.5, 0.6) is 0 Å². The van der Waals surface area contributed by atoms with Gasteiger partial charge in [-0.15, -0.1) is 0 Å². The molecule has 1 aromatic rings. The smallest absolute Gasteiger partial charge is 0.223 e. The Morgan fingerprint density at radius 1 is 1.08 bits per heavy atom. The van der Waals surface area contributed by atoms with E-state index in [1.165, 1.54) is 63.5 Å². The van der Waals surface area contributed by atoms with Crippen molar-refractivity contribution in [2.75, 3.05) is 20.1 Å². The molecule has 0 spiro atoms.